The first-order valence-corrected chi connectivity index (χ1v) is 4.99. The Bertz CT molecular complexity index is 143. The highest BCUT2D eigenvalue weighted by Crippen LogP contribution is 2.12. The predicted molar refractivity (Wildman–Crippen MR) is 49.6 cm³/mol. The van der Waals surface area contributed by atoms with Gasteiger partial charge in [-0.05, 0) is 6.92 Å². The van der Waals surface area contributed by atoms with E-state index in [2.05, 4.69) is 4.52 Å². The van der Waals surface area contributed by atoms with Crippen LogP contribution in [0.15, 0.2) is 0 Å². The molecule has 0 rings (SSSR count). The topological polar surface area (TPSA) is 133 Å². The lowest BCUT2D eigenvalue weighted by molar-refractivity contribution is 0.0697. The summed E-state index contributed by atoms with van der Waals surface area (Å²) in [6.07, 6.45) is 0. The van der Waals surface area contributed by atoms with Gasteiger partial charge in [0.05, 0.1) is 25.4 Å². The van der Waals surface area contributed by atoms with E-state index in [1.54, 1.807) is 6.92 Å². The van der Waals surface area contributed by atoms with Gasteiger partial charge in [0, 0.05) is 4.57 Å². The summed E-state index contributed by atoms with van der Waals surface area (Å²) in [7, 11) is -2.35. The molecular formula is C6H17NO6P+. The first kappa shape index (κ1) is 16.3. The molecule has 0 saturated heterocycles. The molecule has 0 aliphatic rings. The van der Waals surface area contributed by atoms with Crippen molar-refractivity contribution in [1.29, 1.82) is 0 Å². The van der Waals surface area contributed by atoms with Gasteiger partial charge < -0.3 is 21.1 Å². The molecule has 6 N–H and O–H groups in total. The van der Waals surface area contributed by atoms with Gasteiger partial charge in [-0.2, -0.15) is 0 Å². The molecule has 1 unspecified atom stereocenters. The van der Waals surface area contributed by atoms with Crippen LogP contribution < -0.4 is 5.73 Å². The summed E-state index contributed by atoms with van der Waals surface area (Å²) in [5.74, 6) is 0. The van der Waals surface area contributed by atoms with E-state index in [0.29, 0.717) is 6.61 Å². The second-order valence-corrected chi connectivity index (χ2v) is 3.23. The Labute approximate surface area is 83.1 Å². The van der Waals surface area contributed by atoms with Crippen LogP contribution in [0, 0.1) is 0 Å². The van der Waals surface area contributed by atoms with Gasteiger partial charge >= 0.3 is 8.25 Å². The fourth-order valence-electron chi connectivity index (χ4n) is 0.260. The third kappa shape index (κ3) is 9.94. The van der Waals surface area contributed by atoms with Crippen LogP contribution in [0.4, 0.5) is 0 Å². The summed E-state index contributed by atoms with van der Waals surface area (Å²) >= 11 is 0. The minimum atomic E-state index is -2.35. The first-order chi connectivity index (χ1) is 6.45. The molecule has 0 spiro atoms. The van der Waals surface area contributed by atoms with Crippen LogP contribution in [-0.2, 0) is 9.09 Å². The fourth-order valence-corrected chi connectivity index (χ4v) is 0.481. The number of hydrogen-bond acceptors (Lipinski definition) is 6. The number of rotatable bonds is 5. The van der Waals surface area contributed by atoms with Crippen molar-refractivity contribution in [3.63, 3.8) is 0 Å². The van der Waals surface area contributed by atoms with Gasteiger partial charge in [-0.15, -0.1) is 9.42 Å². The molecule has 14 heavy (non-hydrogen) atoms. The third-order valence-corrected chi connectivity index (χ3v) is 1.66. The Morgan fingerprint density at radius 2 is 1.64 bits per heavy atom. The standard InChI is InChI=1S/C4H11NO3.C2H5O3P/c5-4(1-6,2-7)3-8;1-2-5-6(3)4/h6-8H,1-3,5H2;2H2,1H3/p+1. The zero-order valence-electron chi connectivity index (χ0n) is 7.96. The molecule has 0 radical (unpaired) electrons. The maximum Gasteiger partial charge on any atom is 0.694 e. The summed E-state index contributed by atoms with van der Waals surface area (Å²) in [5, 5.41) is 25.0. The number of nitrogens with two attached hydrogens (primary N) is 1. The van der Waals surface area contributed by atoms with Crippen LogP contribution in [0.1, 0.15) is 6.92 Å². The van der Waals surface area contributed by atoms with Gasteiger partial charge in [0.25, 0.3) is 0 Å². The van der Waals surface area contributed by atoms with E-state index in [1.807, 2.05) is 0 Å². The molecule has 7 nitrogen and oxygen atoms in total. The average molecular weight is 230 g/mol. The summed E-state index contributed by atoms with van der Waals surface area (Å²) in [6.45, 7) is 0.745. The van der Waals surface area contributed by atoms with Crippen molar-refractivity contribution in [3.8, 4) is 0 Å². The average Bonchev–Trinajstić information content (AvgIpc) is 2.17. The predicted octanol–water partition coefficient (Wildman–Crippen LogP) is -1.67. The Morgan fingerprint density at radius 3 is 1.64 bits per heavy atom. The Kier molecular flexibility index (Phi) is 11.0. The maximum atomic E-state index is 9.53. The highest BCUT2D eigenvalue weighted by atomic mass is 31.1. The second kappa shape index (κ2) is 9.42. The fraction of sp³-hybridized carbons (Fsp3) is 1.00. The van der Waals surface area contributed by atoms with Crippen LogP contribution in [0.3, 0.4) is 0 Å². The van der Waals surface area contributed by atoms with E-state index in [1.165, 1.54) is 0 Å². The van der Waals surface area contributed by atoms with E-state index in [0.717, 1.165) is 0 Å². The van der Waals surface area contributed by atoms with Crippen LogP contribution in [-0.4, -0.2) is 52.2 Å². The molecule has 0 aliphatic carbocycles. The molecule has 86 valence electrons. The van der Waals surface area contributed by atoms with Gasteiger partial charge in [0.15, 0.2) is 0 Å². The van der Waals surface area contributed by atoms with E-state index in [-0.39, 0.29) is 0 Å². The molecule has 0 amide bonds. The minimum absolute atomic E-state index is 0.297. The molecule has 0 bridgehead atoms. The second-order valence-electron chi connectivity index (χ2n) is 2.49. The molecule has 0 saturated carbocycles. The van der Waals surface area contributed by atoms with Crippen LogP contribution >= 0.6 is 8.25 Å². The van der Waals surface area contributed by atoms with Gasteiger partial charge in [-0.3, -0.25) is 0 Å². The van der Waals surface area contributed by atoms with E-state index in [4.69, 9.17) is 25.9 Å². The summed E-state index contributed by atoms with van der Waals surface area (Å²) in [4.78, 5) is 7.84. The molecule has 8 heteroatoms. The summed E-state index contributed by atoms with van der Waals surface area (Å²) < 4.78 is 13.6. The highest BCUT2D eigenvalue weighted by Gasteiger charge is 2.20. The van der Waals surface area contributed by atoms with Crippen molar-refractivity contribution in [2.75, 3.05) is 26.4 Å². The first-order valence-electron chi connectivity index (χ1n) is 3.86. The van der Waals surface area contributed by atoms with Gasteiger partial charge in [-0.1, -0.05) is 0 Å². The number of aliphatic hydroxyl groups excluding tert-OH is 3. The van der Waals surface area contributed by atoms with Crippen molar-refractivity contribution in [2.45, 2.75) is 12.5 Å². The van der Waals surface area contributed by atoms with Gasteiger partial charge in [-0.25, -0.2) is 0 Å². The maximum absolute atomic E-state index is 9.53. The van der Waals surface area contributed by atoms with Crippen molar-refractivity contribution in [3.05, 3.63) is 0 Å². The third-order valence-electron chi connectivity index (χ3n) is 1.18. The molecule has 0 fully saturated rings. The van der Waals surface area contributed by atoms with Crippen molar-refractivity contribution < 1.29 is 29.3 Å². The molecule has 1 atom stereocenters. The van der Waals surface area contributed by atoms with Crippen LogP contribution in [0.25, 0.3) is 0 Å². The molecule has 0 heterocycles. The largest absolute Gasteiger partial charge is 0.694 e. The van der Waals surface area contributed by atoms with Crippen LogP contribution in [0.2, 0.25) is 0 Å². The summed E-state index contributed by atoms with van der Waals surface area (Å²) in [5.41, 5.74) is 3.94. The van der Waals surface area contributed by atoms with Crippen molar-refractivity contribution >= 4 is 8.25 Å². The molecule has 0 aromatic heterocycles. The number of hydrogen-bond donors (Lipinski definition) is 5. The molecule has 0 aliphatic heterocycles. The van der Waals surface area contributed by atoms with Crippen molar-refractivity contribution in [2.24, 2.45) is 5.73 Å². The molecule has 0 aromatic carbocycles. The Morgan fingerprint density at radius 1 is 1.29 bits per heavy atom. The van der Waals surface area contributed by atoms with E-state index < -0.39 is 33.6 Å². The van der Waals surface area contributed by atoms with Crippen molar-refractivity contribution in [1.82, 2.24) is 0 Å². The smallest absolute Gasteiger partial charge is 0.394 e. The lowest BCUT2D eigenvalue weighted by Crippen LogP contribution is -2.50. The normalized spacial score (nSPS) is 11.7. The SMILES string of the molecule is CCO[P+](=O)O.NC(CO)(CO)CO. The van der Waals surface area contributed by atoms with Gasteiger partial charge in [0.1, 0.15) is 6.61 Å². The summed E-state index contributed by atoms with van der Waals surface area (Å²) in [6, 6.07) is 0. The minimum Gasteiger partial charge on any atom is -0.394 e. The number of aliphatic hydroxyl groups is 3. The van der Waals surface area contributed by atoms with E-state index in [9.17, 15) is 4.57 Å². The molecule has 0 aromatic rings. The lowest BCUT2D eigenvalue weighted by atomic mass is 10.1. The quantitative estimate of drug-likeness (QED) is 0.357. The Balaban J connectivity index is 0. The Hall–Kier alpha value is -0.140. The zero-order valence-corrected chi connectivity index (χ0v) is 8.85. The monoisotopic (exact) mass is 230 g/mol. The zero-order chi connectivity index (χ0) is 11.6. The van der Waals surface area contributed by atoms with Gasteiger partial charge in [0.2, 0.25) is 0 Å². The van der Waals surface area contributed by atoms with Crippen LogP contribution in [0.5, 0.6) is 0 Å². The highest BCUT2D eigenvalue weighted by molar-refractivity contribution is 7.32. The molecular weight excluding hydrogens is 213 g/mol. The van der Waals surface area contributed by atoms with E-state index >= 15 is 0 Å². The lowest BCUT2D eigenvalue weighted by Gasteiger charge is -2.20.